The van der Waals surface area contributed by atoms with Crippen molar-refractivity contribution >= 4 is 5.91 Å². The maximum absolute atomic E-state index is 11.1. The van der Waals surface area contributed by atoms with Gasteiger partial charge in [-0.25, -0.2) is 0 Å². The monoisotopic (exact) mass is 185 g/mol. The van der Waals surface area contributed by atoms with Crippen LogP contribution in [0.1, 0.15) is 39.5 Å². The molecule has 0 bridgehead atoms. The van der Waals surface area contributed by atoms with Crippen molar-refractivity contribution in [1.29, 1.82) is 0 Å². The molecule has 0 radical (unpaired) electrons. The summed E-state index contributed by atoms with van der Waals surface area (Å²) in [6.45, 7) is 3.74. The van der Waals surface area contributed by atoms with Gasteiger partial charge in [0.2, 0.25) is 5.91 Å². The highest BCUT2D eigenvalue weighted by Crippen LogP contribution is 2.23. The number of aliphatic hydroxyl groups is 1. The molecule has 13 heavy (non-hydrogen) atoms. The number of amides is 1. The molecule has 0 aromatic carbocycles. The first-order chi connectivity index (χ1) is 6.09. The van der Waals surface area contributed by atoms with E-state index in [1.54, 1.807) is 0 Å². The van der Waals surface area contributed by atoms with Gasteiger partial charge in [-0.15, -0.1) is 0 Å². The molecule has 3 nitrogen and oxygen atoms in total. The molecule has 1 amide bonds. The predicted octanol–water partition coefficient (Wildman–Crippen LogP) is 1.06. The lowest BCUT2D eigenvalue weighted by atomic mass is 9.87. The largest absolute Gasteiger partial charge is 0.384 e. The van der Waals surface area contributed by atoms with Gasteiger partial charge in [0, 0.05) is 6.04 Å². The van der Waals surface area contributed by atoms with Crippen LogP contribution in [0.25, 0.3) is 0 Å². The number of aliphatic hydroxyl groups excluding tert-OH is 1. The average molecular weight is 185 g/mol. The van der Waals surface area contributed by atoms with Crippen molar-refractivity contribution in [3.05, 3.63) is 0 Å². The highest BCUT2D eigenvalue weighted by atomic mass is 16.3. The lowest BCUT2D eigenvalue weighted by Gasteiger charge is -2.27. The minimum atomic E-state index is -0.876. The zero-order chi connectivity index (χ0) is 9.84. The zero-order valence-electron chi connectivity index (χ0n) is 8.42. The Bertz CT molecular complexity index is 172. The second kappa shape index (κ2) is 4.61. The molecule has 1 saturated carbocycles. The summed E-state index contributed by atoms with van der Waals surface area (Å²) in [6, 6.07) is 0.290. The first kappa shape index (κ1) is 10.5. The Morgan fingerprint density at radius 3 is 2.38 bits per heavy atom. The molecule has 1 rings (SSSR count). The van der Waals surface area contributed by atoms with Crippen LogP contribution in [0.2, 0.25) is 0 Å². The van der Waals surface area contributed by atoms with Crippen molar-refractivity contribution in [2.45, 2.75) is 51.7 Å². The molecular weight excluding hydrogens is 166 g/mol. The van der Waals surface area contributed by atoms with Crippen molar-refractivity contribution in [2.75, 3.05) is 0 Å². The molecule has 0 heterocycles. The summed E-state index contributed by atoms with van der Waals surface area (Å²) in [6.07, 6.45) is 3.61. The molecule has 1 atom stereocenters. The van der Waals surface area contributed by atoms with Gasteiger partial charge in [-0.1, -0.05) is 6.92 Å². The van der Waals surface area contributed by atoms with Crippen LogP contribution in [0.15, 0.2) is 0 Å². The Morgan fingerprint density at radius 2 is 1.92 bits per heavy atom. The van der Waals surface area contributed by atoms with Crippen LogP contribution >= 0.6 is 0 Å². The molecule has 0 aromatic heterocycles. The lowest BCUT2D eigenvalue weighted by Crippen LogP contribution is -2.41. The summed E-state index contributed by atoms with van der Waals surface area (Å²) in [7, 11) is 0. The summed E-state index contributed by atoms with van der Waals surface area (Å²) in [4.78, 5) is 11.1. The summed E-state index contributed by atoms with van der Waals surface area (Å²) in [5, 5.41) is 11.8. The van der Waals surface area contributed by atoms with Crippen LogP contribution in [-0.4, -0.2) is 23.2 Å². The summed E-state index contributed by atoms with van der Waals surface area (Å²) < 4.78 is 0. The first-order valence-corrected chi connectivity index (χ1v) is 5.08. The number of nitrogens with one attached hydrogen (secondary N) is 1. The Hall–Kier alpha value is -0.570. The van der Waals surface area contributed by atoms with Crippen LogP contribution in [0, 0.1) is 5.92 Å². The van der Waals surface area contributed by atoms with Crippen LogP contribution in [0.3, 0.4) is 0 Å². The standard InChI is InChI=1S/C10H19NO2/c1-7-3-5-9(6-4-7)11-10(13)8(2)12/h7-9,12H,3-6H2,1-2H3,(H,11,13). The molecule has 2 N–H and O–H groups in total. The van der Waals surface area contributed by atoms with E-state index in [1.807, 2.05) is 0 Å². The third-order valence-corrected chi connectivity index (χ3v) is 2.74. The van der Waals surface area contributed by atoms with E-state index >= 15 is 0 Å². The number of rotatable bonds is 2. The lowest BCUT2D eigenvalue weighted by molar-refractivity contribution is -0.129. The second-order valence-electron chi connectivity index (χ2n) is 4.14. The van der Waals surface area contributed by atoms with Gasteiger partial charge in [0.1, 0.15) is 6.10 Å². The van der Waals surface area contributed by atoms with Crippen molar-refractivity contribution in [3.63, 3.8) is 0 Å². The topological polar surface area (TPSA) is 49.3 Å². The van der Waals surface area contributed by atoms with E-state index in [9.17, 15) is 4.79 Å². The predicted molar refractivity (Wildman–Crippen MR) is 51.2 cm³/mol. The van der Waals surface area contributed by atoms with Gasteiger partial charge < -0.3 is 10.4 Å². The van der Waals surface area contributed by atoms with Crippen LogP contribution in [0.5, 0.6) is 0 Å². The molecule has 0 aliphatic heterocycles. The Labute approximate surface area is 79.5 Å². The Balaban J connectivity index is 2.26. The molecule has 76 valence electrons. The number of hydrogen-bond acceptors (Lipinski definition) is 2. The third kappa shape index (κ3) is 3.35. The van der Waals surface area contributed by atoms with E-state index in [0.717, 1.165) is 18.8 Å². The van der Waals surface area contributed by atoms with E-state index in [0.29, 0.717) is 6.04 Å². The van der Waals surface area contributed by atoms with E-state index in [2.05, 4.69) is 12.2 Å². The van der Waals surface area contributed by atoms with Gasteiger partial charge >= 0.3 is 0 Å². The number of carbonyl (C=O) groups is 1. The maximum Gasteiger partial charge on any atom is 0.248 e. The van der Waals surface area contributed by atoms with Crippen molar-refractivity contribution in [3.8, 4) is 0 Å². The fourth-order valence-electron chi connectivity index (χ4n) is 1.73. The average Bonchev–Trinajstić information content (AvgIpc) is 2.08. The molecular formula is C10H19NO2. The smallest absolute Gasteiger partial charge is 0.248 e. The highest BCUT2D eigenvalue weighted by molar-refractivity contribution is 5.80. The summed E-state index contributed by atoms with van der Waals surface area (Å²) in [5.74, 6) is 0.555. The maximum atomic E-state index is 11.1. The third-order valence-electron chi connectivity index (χ3n) is 2.74. The molecule has 3 heteroatoms. The molecule has 0 saturated heterocycles. The fourth-order valence-corrected chi connectivity index (χ4v) is 1.73. The van der Waals surface area contributed by atoms with Crippen molar-refractivity contribution in [2.24, 2.45) is 5.92 Å². The van der Waals surface area contributed by atoms with Gasteiger partial charge in [-0.05, 0) is 38.5 Å². The van der Waals surface area contributed by atoms with Gasteiger partial charge in [-0.3, -0.25) is 4.79 Å². The summed E-state index contributed by atoms with van der Waals surface area (Å²) in [5.41, 5.74) is 0. The minimum absolute atomic E-state index is 0.237. The Morgan fingerprint density at radius 1 is 1.38 bits per heavy atom. The SMILES string of the molecule is CC1CCC(NC(=O)C(C)O)CC1. The van der Waals surface area contributed by atoms with E-state index < -0.39 is 6.10 Å². The number of hydrogen-bond donors (Lipinski definition) is 2. The Kier molecular flexibility index (Phi) is 3.72. The van der Waals surface area contributed by atoms with Crippen molar-refractivity contribution < 1.29 is 9.90 Å². The van der Waals surface area contributed by atoms with E-state index in [1.165, 1.54) is 19.8 Å². The quantitative estimate of drug-likeness (QED) is 0.676. The molecule has 1 unspecified atom stereocenters. The molecule has 1 aliphatic rings. The van der Waals surface area contributed by atoms with Gasteiger partial charge in [-0.2, -0.15) is 0 Å². The minimum Gasteiger partial charge on any atom is -0.384 e. The fraction of sp³-hybridized carbons (Fsp3) is 0.900. The molecule has 0 spiro atoms. The van der Waals surface area contributed by atoms with E-state index in [4.69, 9.17) is 5.11 Å². The van der Waals surface area contributed by atoms with Crippen LogP contribution in [0.4, 0.5) is 0 Å². The highest BCUT2D eigenvalue weighted by Gasteiger charge is 2.20. The summed E-state index contributed by atoms with van der Waals surface area (Å²) >= 11 is 0. The van der Waals surface area contributed by atoms with Crippen molar-refractivity contribution in [1.82, 2.24) is 5.32 Å². The van der Waals surface area contributed by atoms with Gasteiger partial charge in [0.15, 0.2) is 0 Å². The first-order valence-electron chi connectivity index (χ1n) is 5.08. The van der Waals surface area contributed by atoms with Crippen LogP contribution < -0.4 is 5.32 Å². The zero-order valence-corrected chi connectivity index (χ0v) is 8.42. The normalized spacial score (nSPS) is 31.0. The molecule has 1 fully saturated rings. The second-order valence-corrected chi connectivity index (χ2v) is 4.14. The molecule has 1 aliphatic carbocycles. The van der Waals surface area contributed by atoms with Gasteiger partial charge in [0.25, 0.3) is 0 Å². The number of carbonyl (C=O) groups excluding carboxylic acids is 1. The van der Waals surface area contributed by atoms with Gasteiger partial charge in [0.05, 0.1) is 0 Å². The van der Waals surface area contributed by atoms with Crippen LogP contribution in [-0.2, 0) is 4.79 Å². The van der Waals surface area contributed by atoms with E-state index in [-0.39, 0.29) is 5.91 Å². The molecule has 0 aromatic rings.